The minimum atomic E-state index is -0.0321. The topological polar surface area (TPSA) is 3.24 Å². The first-order valence-electron chi connectivity index (χ1n) is 14.5. The van der Waals surface area contributed by atoms with Gasteiger partial charge in [0.2, 0.25) is 0 Å². The van der Waals surface area contributed by atoms with Gasteiger partial charge >= 0.3 is 0 Å². The smallest absolute Gasteiger partial charge is 0.0450 e. The second-order valence-corrected chi connectivity index (χ2v) is 12.2. The molecule has 1 unspecified atom stereocenters. The van der Waals surface area contributed by atoms with E-state index in [4.69, 9.17) is 0 Å². The summed E-state index contributed by atoms with van der Waals surface area (Å²) < 4.78 is 0. The highest BCUT2D eigenvalue weighted by Gasteiger charge is 2.39. The van der Waals surface area contributed by atoms with Crippen LogP contribution in [-0.2, 0) is 17.3 Å². The van der Waals surface area contributed by atoms with Crippen molar-refractivity contribution in [3.8, 4) is 0 Å². The minimum Gasteiger partial charge on any atom is -0.344 e. The zero-order chi connectivity index (χ0) is 27.6. The molecule has 0 fully saturated rings. The maximum absolute atomic E-state index is 2.54. The molecule has 0 amide bonds. The minimum absolute atomic E-state index is 0.0135. The predicted molar refractivity (Wildman–Crippen MR) is 170 cm³/mol. The van der Waals surface area contributed by atoms with Gasteiger partial charge in [0.1, 0.15) is 0 Å². The molecular formula is C38H43N. The highest BCUT2D eigenvalue weighted by atomic mass is 15.2. The molecule has 1 aliphatic heterocycles. The van der Waals surface area contributed by atoms with Crippen molar-refractivity contribution in [2.75, 3.05) is 11.4 Å². The number of hydrogen-bond acceptors (Lipinski definition) is 1. The van der Waals surface area contributed by atoms with Crippen LogP contribution in [0.3, 0.4) is 0 Å². The molecule has 4 aromatic carbocycles. The summed E-state index contributed by atoms with van der Waals surface area (Å²) in [4.78, 5) is 2.54. The van der Waals surface area contributed by atoms with Gasteiger partial charge in [-0.25, -0.2) is 0 Å². The Bertz CT molecular complexity index is 1520. The summed E-state index contributed by atoms with van der Waals surface area (Å²) in [7, 11) is 0. The van der Waals surface area contributed by atoms with Gasteiger partial charge in [-0.2, -0.15) is 0 Å². The standard InChI is InChI=1S/C38H43N/c1-7-25-39-34-23-20-28(2)26-33(34)37(4,5)35(39)19-13-14-24-38(6,27-30-15-9-8-10-16-30)36-29(3)21-22-31-17-11-12-18-32(31)36/h8-23,26H,7,24-25,27H2,1-6H3/b14-13+,35-19+. The zero-order valence-corrected chi connectivity index (χ0v) is 24.6. The highest BCUT2D eigenvalue weighted by Crippen LogP contribution is 2.48. The average Bonchev–Trinajstić information content (AvgIpc) is 3.12. The third-order valence-corrected chi connectivity index (χ3v) is 8.63. The first kappa shape index (κ1) is 27.0. The third-order valence-electron chi connectivity index (χ3n) is 8.63. The van der Waals surface area contributed by atoms with E-state index in [0.29, 0.717) is 0 Å². The number of aryl methyl sites for hydroxylation is 2. The van der Waals surface area contributed by atoms with Gasteiger partial charge < -0.3 is 4.90 Å². The number of hydrogen-bond donors (Lipinski definition) is 0. The van der Waals surface area contributed by atoms with Crippen molar-refractivity contribution in [1.29, 1.82) is 0 Å². The fraction of sp³-hybridized carbons (Fsp3) is 0.316. The molecule has 0 aromatic heterocycles. The molecule has 0 N–H and O–H groups in total. The molecule has 1 heterocycles. The summed E-state index contributed by atoms with van der Waals surface area (Å²) in [6.45, 7) is 15.0. The SMILES string of the molecule is CCCN1/C(=C/C=C/CC(C)(Cc2ccccc2)c2c(C)ccc3ccccc23)C(C)(C)c2cc(C)ccc21. The van der Waals surface area contributed by atoms with Crippen LogP contribution < -0.4 is 4.90 Å². The van der Waals surface area contributed by atoms with E-state index in [1.54, 1.807) is 0 Å². The number of nitrogens with zero attached hydrogens (tertiary/aromatic N) is 1. The van der Waals surface area contributed by atoms with Crippen LogP contribution in [0.25, 0.3) is 10.8 Å². The van der Waals surface area contributed by atoms with Gasteiger partial charge in [-0.1, -0.05) is 124 Å². The molecule has 0 aliphatic carbocycles. The van der Waals surface area contributed by atoms with E-state index in [1.807, 2.05) is 0 Å². The number of fused-ring (bicyclic) bond motifs is 2. The van der Waals surface area contributed by atoms with Gasteiger partial charge in [0, 0.05) is 28.8 Å². The fourth-order valence-corrected chi connectivity index (χ4v) is 6.73. The average molecular weight is 514 g/mol. The lowest BCUT2D eigenvalue weighted by atomic mass is 9.71. The Morgan fingerprint density at radius 3 is 2.38 bits per heavy atom. The van der Waals surface area contributed by atoms with Gasteiger partial charge in [0.15, 0.2) is 0 Å². The van der Waals surface area contributed by atoms with Crippen molar-refractivity contribution in [2.24, 2.45) is 0 Å². The molecule has 4 aromatic rings. The second-order valence-electron chi connectivity index (χ2n) is 12.2. The molecule has 1 aliphatic rings. The van der Waals surface area contributed by atoms with Crippen LogP contribution in [0.15, 0.2) is 109 Å². The number of allylic oxidation sites excluding steroid dienone is 4. The monoisotopic (exact) mass is 513 g/mol. The maximum Gasteiger partial charge on any atom is 0.0450 e. The van der Waals surface area contributed by atoms with Crippen LogP contribution in [0.5, 0.6) is 0 Å². The van der Waals surface area contributed by atoms with Gasteiger partial charge in [0.05, 0.1) is 0 Å². The van der Waals surface area contributed by atoms with Crippen LogP contribution in [0.2, 0.25) is 0 Å². The molecular weight excluding hydrogens is 470 g/mol. The number of anilines is 1. The first-order chi connectivity index (χ1) is 18.7. The molecule has 0 bridgehead atoms. The van der Waals surface area contributed by atoms with E-state index in [0.717, 1.165) is 25.8 Å². The van der Waals surface area contributed by atoms with Gasteiger partial charge in [0.25, 0.3) is 0 Å². The molecule has 5 rings (SSSR count). The Labute approximate surface area is 235 Å². The molecule has 0 saturated carbocycles. The zero-order valence-electron chi connectivity index (χ0n) is 24.6. The highest BCUT2D eigenvalue weighted by molar-refractivity contribution is 5.88. The van der Waals surface area contributed by atoms with E-state index >= 15 is 0 Å². The van der Waals surface area contributed by atoms with Crippen molar-refractivity contribution in [2.45, 2.75) is 71.6 Å². The summed E-state index contributed by atoms with van der Waals surface area (Å²) in [5.41, 5.74) is 9.72. The molecule has 0 saturated heterocycles. The van der Waals surface area contributed by atoms with Crippen LogP contribution in [0.1, 0.15) is 68.4 Å². The van der Waals surface area contributed by atoms with Crippen molar-refractivity contribution in [3.05, 3.63) is 137 Å². The molecule has 1 atom stereocenters. The Hall–Kier alpha value is -3.58. The quantitative estimate of drug-likeness (QED) is 0.226. The van der Waals surface area contributed by atoms with Crippen LogP contribution in [0, 0.1) is 13.8 Å². The van der Waals surface area contributed by atoms with E-state index in [9.17, 15) is 0 Å². The first-order valence-corrected chi connectivity index (χ1v) is 14.5. The van der Waals surface area contributed by atoms with Crippen LogP contribution >= 0.6 is 0 Å². The second kappa shape index (κ2) is 10.9. The maximum atomic E-state index is 2.54. The molecule has 1 nitrogen and oxygen atoms in total. The summed E-state index contributed by atoms with van der Waals surface area (Å²) in [6, 6.07) is 31.4. The summed E-state index contributed by atoms with van der Waals surface area (Å²) in [6.07, 6.45) is 10.2. The van der Waals surface area contributed by atoms with E-state index in [1.165, 1.54) is 50.0 Å². The Kier molecular flexibility index (Phi) is 7.54. The normalized spacial score (nSPS) is 17.2. The molecule has 200 valence electrons. The molecule has 39 heavy (non-hydrogen) atoms. The summed E-state index contributed by atoms with van der Waals surface area (Å²) in [5.74, 6) is 0. The Balaban J connectivity index is 1.53. The predicted octanol–water partition coefficient (Wildman–Crippen LogP) is 10.00. The largest absolute Gasteiger partial charge is 0.344 e. The van der Waals surface area contributed by atoms with E-state index in [-0.39, 0.29) is 10.8 Å². The Morgan fingerprint density at radius 2 is 1.62 bits per heavy atom. The molecule has 0 spiro atoms. The fourth-order valence-electron chi connectivity index (χ4n) is 6.73. The van der Waals surface area contributed by atoms with Crippen molar-refractivity contribution >= 4 is 16.5 Å². The van der Waals surface area contributed by atoms with Crippen molar-refractivity contribution < 1.29 is 0 Å². The lowest BCUT2D eigenvalue weighted by Crippen LogP contribution is -2.27. The van der Waals surface area contributed by atoms with Crippen LogP contribution in [0.4, 0.5) is 5.69 Å². The van der Waals surface area contributed by atoms with E-state index in [2.05, 4.69) is 150 Å². The molecule has 1 heteroatoms. The van der Waals surface area contributed by atoms with Crippen LogP contribution in [-0.4, -0.2) is 6.54 Å². The van der Waals surface area contributed by atoms with Gasteiger partial charge in [-0.3, -0.25) is 0 Å². The van der Waals surface area contributed by atoms with Crippen molar-refractivity contribution in [3.63, 3.8) is 0 Å². The number of rotatable bonds is 8. The lowest BCUT2D eigenvalue weighted by molar-refractivity contribution is 0.476. The van der Waals surface area contributed by atoms with E-state index < -0.39 is 0 Å². The molecule has 0 radical (unpaired) electrons. The number of benzene rings is 4. The van der Waals surface area contributed by atoms with Gasteiger partial charge in [-0.05, 0) is 78.3 Å². The summed E-state index contributed by atoms with van der Waals surface area (Å²) >= 11 is 0. The lowest BCUT2D eigenvalue weighted by Gasteiger charge is -2.32. The van der Waals surface area contributed by atoms with Crippen molar-refractivity contribution in [1.82, 2.24) is 0 Å². The summed E-state index contributed by atoms with van der Waals surface area (Å²) in [5, 5.41) is 2.69. The van der Waals surface area contributed by atoms with Gasteiger partial charge in [-0.15, -0.1) is 0 Å². The Morgan fingerprint density at radius 1 is 0.872 bits per heavy atom. The third kappa shape index (κ3) is 5.20.